The molecule has 6 nitrogen and oxygen atoms in total. The van der Waals surface area contributed by atoms with Crippen LogP contribution in [-0.4, -0.2) is 35.5 Å². The summed E-state index contributed by atoms with van der Waals surface area (Å²) in [6.45, 7) is 6.43. The molecule has 6 aliphatic heterocycles. The lowest BCUT2D eigenvalue weighted by molar-refractivity contribution is 1.20. The summed E-state index contributed by atoms with van der Waals surface area (Å²) in [6.07, 6.45) is 9.54. The molecule has 0 unspecified atom stereocenters. The molecule has 28 rings (SSSR count). The van der Waals surface area contributed by atoms with Gasteiger partial charge in [0, 0.05) is 115 Å². The first-order valence-corrected chi connectivity index (χ1v) is 48.8. The van der Waals surface area contributed by atoms with E-state index >= 15 is 0 Å². The van der Waals surface area contributed by atoms with Gasteiger partial charge in [0.05, 0.1) is 0 Å². The van der Waals surface area contributed by atoms with E-state index in [0.717, 1.165) is 16.8 Å². The monoisotopic (exact) mass is 1790 g/mol. The molecule has 3 aromatic heterocycles. The lowest BCUT2D eigenvalue weighted by Crippen LogP contribution is -2.59. The molecule has 658 valence electrons. The van der Waals surface area contributed by atoms with Gasteiger partial charge < -0.3 is 14.4 Å². The number of hydrogen-bond acceptors (Lipinski definition) is 6. The van der Waals surface area contributed by atoms with E-state index in [2.05, 4.69) is 510 Å². The van der Waals surface area contributed by atoms with Crippen molar-refractivity contribution in [3.05, 3.63) is 515 Å². The number of anilines is 6. The van der Waals surface area contributed by atoms with Gasteiger partial charge in [0.2, 0.25) is 0 Å². The number of aromatic nitrogens is 3. The normalized spacial score (nSPS) is 12.4. The van der Waals surface area contributed by atoms with E-state index in [1.54, 1.807) is 0 Å². The zero-order valence-corrected chi connectivity index (χ0v) is 78.3. The van der Waals surface area contributed by atoms with Crippen LogP contribution in [0.4, 0.5) is 34.1 Å². The second-order valence-electron chi connectivity index (χ2n) is 37.8. The van der Waals surface area contributed by atoms with E-state index in [-0.39, 0.29) is 20.5 Å². The Morgan fingerprint density at radius 1 is 0.163 bits per heavy atom. The molecule has 0 saturated carbocycles. The molecule has 0 saturated heterocycles. The van der Waals surface area contributed by atoms with Gasteiger partial charge in [0.25, 0.3) is 0 Å². The molecule has 0 radical (unpaired) electrons. The van der Waals surface area contributed by atoms with Crippen molar-refractivity contribution in [3.63, 3.8) is 0 Å². The maximum Gasteiger partial charge on any atom is 0.329 e. The highest BCUT2D eigenvalue weighted by molar-refractivity contribution is 6.94. The van der Waals surface area contributed by atoms with E-state index in [0.29, 0.717) is 0 Å². The van der Waals surface area contributed by atoms with Gasteiger partial charge in [-0.15, -0.1) is 0 Å². The maximum atomic E-state index is 4.42. The van der Waals surface area contributed by atoms with Crippen molar-refractivity contribution in [2.45, 2.75) is 20.8 Å². The van der Waals surface area contributed by atoms with Crippen LogP contribution in [0.15, 0.2) is 498 Å². The Morgan fingerprint density at radius 3 is 0.801 bits per heavy atom. The predicted molar refractivity (Wildman–Crippen MR) is 595 cm³/mol. The Balaban J connectivity index is 0.000000110. The summed E-state index contributed by atoms with van der Waals surface area (Å²) in [5.41, 5.74) is 58.5. The SMILES string of the molecule is Cc1cc(-c2ccc(-c3ccc4c(c3)B3c5ccccc5-c5ccccc5N3c3ccccc3-4)cc2)ccn1.Cc1ccncc1-c1ccc(-c2ccc3c(c2)B2c4ccccc4-c4cc(-c5ccccc5)ccc4N2c2ccc(-c4ccccc4)cc2-3)cc1.Cc1cncc(-c2ccc(-c3ccc4c(c3)B3c5ccccc5-c5cc(-c6ccccc6)ccc5N3c3ccc(-c5ccccc5)cc3-4)cc2)c1. The van der Waals surface area contributed by atoms with E-state index in [1.807, 2.05) is 37.9 Å². The van der Waals surface area contributed by atoms with Crippen LogP contribution >= 0.6 is 0 Å². The summed E-state index contributed by atoms with van der Waals surface area (Å²) in [5, 5.41) is 0. The smallest absolute Gasteiger partial charge is 0.329 e. The molecule has 0 amide bonds. The average Bonchev–Trinajstić information content (AvgIpc) is 0.641. The van der Waals surface area contributed by atoms with Crippen molar-refractivity contribution >= 4 is 87.4 Å². The molecule has 0 bridgehead atoms. The number of para-hydroxylation sites is 2. The summed E-state index contributed by atoms with van der Waals surface area (Å²) in [7, 11) is 0. The van der Waals surface area contributed by atoms with Crippen LogP contribution in [0.1, 0.15) is 16.8 Å². The molecule has 0 N–H and O–H groups in total. The van der Waals surface area contributed by atoms with E-state index in [1.165, 1.54) is 245 Å². The highest BCUT2D eigenvalue weighted by atomic mass is 15.1. The van der Waals surface area contributed by atoms with Crippen molar-refractivity contribution in [2.75, 3.05) is 14.4 Å². The van der Waals surface area contributed by atoms with Crippen molar-refractivity contribution in [3.8, 4) is 178 Å². The van der Waals surface area contributed by atoms with Gasteiger partial charge >= 0.3 is 20.5 Å². The Labute approximate surface area is 824 Å². The van der Waals surface area contributed by atoms with Gasteiger partial charge in [-0.25, -0.2) is 0 Å². The summed E-state index contributed by atoms with van der Waals surface area (Å²) < 4.78 is 0. The minimum Gasteiger partial charge on any atom is -0.376 e. The molecule has 0 spiro atoms. The Hall–Kier alpha value is -17.8. The van der Waals surface area contributed by atoms with Gasteiger partial charge in [-0.05, 0) is 283 Å². The van der Waals surface area contributed by atoms with Crippen LogP contribution < -0.4 is 47.2 Å². The number of fused-ring (bicyclic) bond motifs is 33. The number of nitrogens with zero attached hydrogens (tertiary/aromatic N) is 6. The topological polar surface area (TPSA) is 48.4 Å². The number of rotatable bonds is 10. The predicted octanol–water partition coefficient (Wildman–Crippen LogP) is 29.6. The number of benzene rings is 19. The minimum atomic E-state index is 0.0265. The molecule has 9 heterocycles. The van der Waals surface area contributed by atoms with Crippen molar-refractivity contribution in [1.82, 2.24) is 15.0 Å². The van der Waals surface area contributed by atoms with Crippen molar-refractivity contribution in [1.29, 1.82) is 0 Å². The molecule has 141 heavy (non-hydrogen) atoms. The van der Waals surface area contributed by atoms with Gasteiger partial charge in [-0.3, -0.25) is 15.0 Å². The molecule has 19 aromatic carbocycles. The number of aryl methyl sites for hydroxylation is 3. The largest absolute Gasteiger partial charge is 0.376 e. The van der Waals surface area contributed by atoms with E-state index in [9.17, 15) is 0 Å². The second kappa shape index (κ2) is 35.1. The highest BCUT2D eigenvalue weighted by Crippen LogP contribution is 2.53. The second-order valence-corrected chi connectivity index (χ2v) is 37.8. The van der Waals surface area contributed by atoms with Gasteiger partial charge in [0.15, 0.2) is 0 Å². The Morgan fingerprint density at radius 2 is 0.440 bits per heavy atom. The summed E-state index contributed by atoms with van der Waals surface area (Å²) in [4.78, 5) is 20.9. The highest BCUT2D eigenvalue weighted by Gasteiger charge is 2.47. The van der Waals surface area contributed by atoms with E-state index < -0.39 is 0 Å². The van der Waals surface area contributed by atoms with Crippen LogP contribution in [-0.2, 0) is 0 Å². The average molecular weight is 1790 g/mol. The lowest BCUT2D eigenvalue weighted by Gasteiger charge is -2.43. The molecular weight excluding hydrogens is 1700 g/mol. The van der Waals surface area contributed by atoms with E-state index in [4.69, 9.17) is 0 Å². The maximum absolute atomic E-state index is 4.42. The first-order chi connectivity index (χ1) is 69.7. The molecule has 6 aliphatic rings. The van der Waals surface area contributed by atoms with Gasteiger partial charge in [-0.2, -0.15) is 0 Å². The van der Waals surface area contributed by atoms with Crippen LogP contribution in [0.3, 0.4) is 0 Å². The third kappa shape index (κ3) is 14.8. The van der Waals surface area contributed by atoms with Gasteiger partial charge in [-0.1, -0.05) is 382 Å². The minimum absolute atomic E-state index is 0.0265. The fraction of sp³-hybridized carbons (Fsp3) is 0.0227. The van der Waals surface area contributed by atoms with Crippen LogP contribution in [0.5, 0.6) is 0 Å². The zero-order chi connectivity index (χ0) is 93.7. The quantitative estimate of drug-likeness (QED) is 0.127. The Bertz CT molecular complexity index is 8670. The fourth-order valence-electron chi connectivity index (χ4n) is 22.8. The molecule has 0 aliphatic carbocycles. The van der Waals surface area contributed by atoms with Crippen LogP contribution in [0.2, 0.25) is 0 Å². The van der Waals surface area contributed by atoms with Crippen LogP contribution in [0.25, 0.3) is 178 Å². The third-order valence-electron chi connectivity index (χ3n) is 29.5. The molecule has 9 heteroatoms. The molecular formula is C132H91B3N6. The van der Waals surface area contributed by atoms with Gasteiger partial charge in [0.1, 0.15) is 0 Å². The zero-order valence-electron chi connectivity index (χ0n) is 78.3. The summed E-state index contributed by atoms with van der Waals surface area (Å²) >= 11 is 0. The summed E-state index contributed by atoms with van der Waals surface area (Å²) in [6, 6.07) is 172. The first kappa shape index (κ1) is 83.8. The molecule has 22 aromatic rings. The Kier molecular flexibility index (Phi) is 20.9. The third-order valence-corrected chi connectivity index (χ3v) is 29.5. The standard InChI is InChI=1S/2C48H33BN2.C36H25BN2/c1-32-26-40(31-50-30-32)36-18-16-35(17-19-36)39-20-23-42-44-28-38(34-12-6-3-7-13-34)22-25-48(44)51-47-24-21-37(33-10-4-2-5-11-33)27-43(47)41-14-8-9-15-45(41)49(51)46(42)29-39;1-32-26-27-50-31-44(32)36-18-16-35(17-19-36)39-20-23-41-43-29-38(34-12-6-3-7-13-34)22-25-48(43)51-47-24-21-37(33-10-4-2-5-11-33)28-42(47)40-14-8-9-15-45(40)49(51)46(41)30-39;1-24-22-28(20-21-38-24)26-16-14-25(15-17-26)27-18-19-30-32-10-4-7-13-36(32)39-35-12-6-3-9-31(35)29-8-2-5-11-33(29)37(39)34(30)23-27/h2*2-31H,1H3;2-23H,1H3. The van der Waals surface area contributed by atoms with Crippen LogP contribution in [0, 0.1) is 20.8 Å². The van der Waals surface area contributed by atoms with Crippen molar-refractivity contribution in [2.24, 2.45) is 0 Å². The van der Waals surface area contributed by atoms with Crippen molar-refractivity contribution < 1.29 is 0 Å². The lowest BCUT2D eigenvalue weighted by atomic mass is 9.43. The first-order valence-electron chi connectivity index (χ1n) is 48.8. The molecule has 0 fully saturated rings. The molecule has 0 atom stereocenters. The fourth-order valence-corrected chi connectivity index (χ4v) is 22.8. The summed E-state index contributed by atoms with van der Waals surface area (Å²) in [5.74, 6) is 0. The number of hydrogen-bond donors (Lipinski definition) is 0. The number of pyridine rings is 3.